The molecule has 1 amide bonds. The molecule has 0 aliphatic rings. The van der Waals surface area contributed by atoms with Gasteiger partial charge in [0, 0.05) is 11.8 Å². The molecule has 98 valence electrons. The first kappa shape index (κ1) is 13.1. The molecule has 0 spiro atoms. The number of aryl methyl sites for hydroxylation is 1. The van der Waals surface area contributed by atoms with Crippen molar-refractivity contribution < 1.29 is 13.9 Å². The van der Waals surface area contributed by atoms with Crippen molar-refractivity contribution in [3.63, 3.8) is 0 Å². The van der Waals surface area contributed by atoms with Gasteiger partial charge in [0.05, 0.1) is 12.7 Å². The fourth-order valence-corrected chi connectivity index (χ4v) is 1.73. The molecule has 2 aromatic rings. The molecule has 0 atom stereocenters. The lowest BCUT2D eigenvalue weighted by atomic mass is 10.1. The molecular formula is C15H14FNO2. The Morgan fingerprint density at radius 3 is 2.63 bits per heavy atom. The van der Waals surface area contributed by atoms with Gasteiger partial charge in [-0.25, -0.2) is 4.39 Å². The van der Waals surface area contributed by atoms with E-state index in [4.69, 9.17) is 4.74 Å². The van der Waals surface area contributed by atoms with Gasteiger partial charge in [-0.05, 0) is 36.8 Å². The third-order valence-corrected chi connectivity index (χ3v) is 2.70. The Morgan fingerprint density at radius 1 is 1.21 bits per heavy atom. The topological polar surface area (TPSA) is 38.3 Å². The summed E-state index contributed by atoms with van der Waals surface area (Å²) >= 11 is 0. The Bertz CT molecular complexity index is 611. The average molecular weight is 259 g/mol. The molecule has 0 saturated heterocycles. The van der Waals surface area contributed by atoms with Crippen LogP contribution in [0.5, 0.6) is 5.75 Å². The summed E-state index contributed by atoms with van der Waals surface area (Å²) in [5.41, 5.74) is 1.65. The molecule has 19 heavy (non-hydrogen) atoms. The normalized spacial score (nSPS) is 10.1. The molecular weight excluding hydrogens is 245 g/mol. The van der Waals surface area contributed by atoms with Crippen molar-refractivity contribution in [2.24, 2.45) is 0 Å². The summed E-state index contributed by atoms with van der Waals surface area (Å²) in [6, 6.07) is 11.5. The highest BCUT2D eigenvalue weighted by molar-refractivity contribution is 6.04. The summed E-state index contributed by atoms with van der Waals surface area (Å²) in [5.74, 6) is -0.708. The summed E-state index contributed by atoms with van der Waals surface area (Å²) in [7, 11) is 1.45. The number of amides is 1. The fourth-order valence-electron chi connectivity index (χ4n) is 1.73. The maximum absolute atomic E-state index is 13.7. The minimum atomic E-state index is -0.607. The predicted octanol–water partition coefficient (Wildman–Crippen LogP) is 3.40. The van der Waals surface area contributed by atoms with Crippen molar-refractivity contribution >= 4 is 11.6 Å². The molecule has 4 heteroatoms. The summed E-state index contributed by atoms with van der Waals surface area (Å²) in [5, 5.41) is 2.66. The van der Waals surface area contributed by atoms with Gasteiger partial charge < -0.3 is 10.1 Å². The number of halogens is 1. The van der Waals surface area contributed by atoms with E-state index in [0.29, 0.717) is 11.4 Å². The van der Waals surface area contributed by atoms with Crippen LogP contribution in [0.1, 0.15) is 15.9 Å². The fraction of sp³-hybridized carbons (Fsp3) is 0.133. The molecule has 2 rings (SSSR count). The van der Waals surface area contributed by atoms with Crippen molar-refractivity contribution in [1.82, 2.24) is 0 Å². The summed E-state index contributed by atoms with van der Waals surface area (Å²) in [6.45, 7) is 1.92. The first-order chi connectivity index (χ1) is 9.10. The number of hydrogen-bond donors (Lipinski definition) is 1. The van der Waals surface area contributed by atoms with Crippen LogP contribution in [0.15, 0.2) is 42.5 Å². The van der Waals surface area contributed by atoms with E-state index in [9.17, 15) is 9.18 Å². The van der Waals surface area contributed by atoms with Crippen LogP contribution in [-0.4, -0.2) is 13.0 Å². The minimum Gasteiger partial charge on any atom is -0.497 e. The van der Waals surface area contributed by atoms with Crippen LogP contribution >= 0.6 is 0 Å². The first-order valence-corrected chi connectivity index (χ1v) is 5.81. The number of ether oxygens (including phenoxy) is 1. The van der Waals surface area contributed by atoms with Crippen LogP contribution in [0.2, 0.25) is 0 Å². The number of methoxy groups -OCH3 is 1. The molecule has 2 aromatic carbocycles. The summed E-state index contributed by atoms with van der Waals surface area (Å²) in [4.78, 5) is 12.0. The molecule has 0 aliphatic heterocycles. The Balaban J connectivity index is 2.20. The second-order valence-electron chi connectivity index (χ2n) is 4.17. The summed E-state index contributed by atoms with van der Waals surface area (Å²) < 4.78 is 18.6. The second kappa shape index (κ2) is 5.52. The zero-order chi connectivity index (χ0) is 13.8. The van der Waals surface area contributed by atoms with Crippen molar-refractivity contribution in [1.29, 1.82) is 0 Å². The Hall–Kier alpha value is -2.36. The number of carbonyl (C=O) groups is 1. The SMILES string of the molecule is COc1ccc(C(=O)Nc2cccc(C)c2)c(F)c1. The van der Waals surface area contributed by atoms with Gasteiger partial charge in [0.15, 0.2) is 0 Å². The van der Waals surface area contributed by atoms with Gasteiger partial charge in [-0.1, -0.05) is 12.1 Å². The Morgan fingerprint density at radius 2 is 2.00 bits per heavy atom. The van der Waals surface area contributed by atoms with Crippen LogP contribution in [0.3, 0.4) is 0 Å². The molecule has 0 aliphatic carbocycles. The maximum Gasteiger partial charge on any atom is 0.258 e. The van der Waals surface area contributed by atoms with Crippen LogP contribution < -0.4 is 10.1 Å². The Labute approximate surface area is 111 Å². The molecule has 3 nitrogen and oxygen atoms in total. The molecule has 0 heterocycles. The highest BCUT2D eigenvalue weighted by atomic mass is 19.1. The third-order valence-electron chi connectivity index (χ3n) is 2.70. The number of rotatable bonds is 3. The van der Waals surface area contributed by atoms with Gasteiger partial charge in [-0.3, -0.25) is 4.79 Å². The number of nitrogens with one attached hydrogen (secondary N) is 1. The zero-order valence-electron chi connectivity index (χ0n) is 10.7. The van der Waals surface area contributed by atoms with Crippen LogP contribution in [0.25, 0.3) is 0 Å². The van der Waals surface area contributed by atoms with Crippen LogP contribution in [0, 0.1) is 12.7 Å². The highest BCUT2D eigenvalue weighted by Gasteiger charge is 2.12. The number of anilines is 1. The molecule has 0 fully saturated rings. The molecule has 1 N–H and O–H groups in total. The van der Waals surface area contributed by atoms with E-state index in [1.807, 2.05) is 25.1 Å². The lowest BCUT2D eigenvalue weighted by Gasteiger charge is -2.08. The van der Waals surface area contributed by atoms with E-state index in [-0.39, 0.29) is 5.56 Å². The van der Waals surface area contributed by atoms with E-state index in [1.54, 1.807) is 12.1 Å². The molecule has 0 unspecified atom stereocenters. The van der Waals surface area contributed by atoms with Crippen LogP contribution in [-0.2, 0) is 0 Å². The quantitative estimate of drug-likeness (QED) is 0.917. The molecule has 0 aromatic heterocycles. The standard InChI is InChI=1S/C15H14FNO2/c1-10-4-3-5-11(8-10)17-15(18)13-7-6-12(19-2)9-14(13)16/h3-9H,1-2H3,(H,17,18). The number of benzene rings is 2. The smallest absolute Gasteiger partial charge is 0.258 e. The van der Waals surface area contributed by atoms with Gasteiger partial charge in [0.25, 0.3) is 5.91 Å². The van der Waals surface area contributed by atoms with Gasteiger partial charge >= 0.3 is 0 Å². The lowest BCUT2D eigenvalue weighted by molar-refractivity contribution is 0.102. The van der Waals surface area contributed by atoms with Crippen molar-refractivity contribution in [2.45, 2.75) is 6.92 Å². The van der Waals surface area contributed by atoms with Gasteiger partial charge in [-0.2, -0.15) is 0 Å². The maximum atomic E-state index is 13.7. The largest absolute Gasteiger partial charge is 0.497 e. The van der Waals surface area contributed by atoms with Gasteiger partial charge in [0.2, 0.25) is 0 Å². The van der Waals surface area contributed by atoms with E-state index in [2.05, 4.69) is 5.32 Å². The second-order valence-corrected chi connectivity index (χ2v) is 4.17. The lowest BCUT2D eigenvalue weighted by Crippen LogP contribution is -2.13. The minimum absolute atomic E-state index is 0.0118. The van der Waals surface area contributed by atoms with Crippen molar-refractivity contribution in [3.05, 3.63) is 59.4 Å². The molecule has 0 bridgehead atoms. The predicted molar refractivity (Wildman–Crippen MR) is 72.1 cm³/mol. The van der Waals surface area contributed by atoms with Crippen molar-refractivity contribution in [3.8, 4) is 5.75 Å². The average Bonchev–Trinajstić information content (AvgIpc) is 2.38. The Kier molecular flexibility index (Phi) is 3.80. The molecule has 0 saturated carbocycles. The van der Waals surface area contributed by atoms with E-state index >= 15 is 0 Å². The van der Waals surface area contributed by atoms with E-state index < -0.39 is 11.7 Å². The first-order valence-electron chi connectivity index (χ1n) is 5.81. The zero-order valence-corrected chi connectivity index (χ0v) is 10.7. The van der Waals surface area contributed by atoms with E-state index in [1.165, 1.54) is 19.2 Å². The van der Waals surface area contributed by atoms with Gasteiger partial charge in [-0.15, -0.1) is 0 Å². The number of carbonyl (C=O) groups excluding carboxylic acids is 1. The third kappa shape index (κ3) is 3.10. The summed E-state index contributed by atoms with van der Waals surface area (Å²) in [6.07, 6.45) is 0. The molecule has 0 radical (unpaired) electrons. The number of hydrogen-bond acceptors (Lipinski definition) is 2. The van der Waals surface area contributed by atoms with E-state index in [0.717, 1.165) is 5.56 Å². The monoisotopic (exact) mass is 259 g/mol. The highest BCUT2D eigenvalue weighted by Crippen LogP contribution is 2.18. The van der Waals surface area contributed by atoms with Crippen molar-refractivity contribution in [2.75, 3.05) is 12.4 Å². The van der Waals surface area contributed by atoms with Gasteiger partial charge in [0.1, 0.15) is 11.6 Å². The van der Waals surface area contributed by atoms with Crippen LogP contribution in [0.4, 0.5) is 10.1 Å².